The van der Waals surface area contributed by atoms with Crippen molar-refractivity contribution < 1.29 is 9.53 Å². The molecule has 4 rings (SSSR count). The van der Waals surface area contributed by atoms with Crippen LogP contribution in [0.3, 0.4) is 0 Å². The van der Waals surface area contributed by atoms with E-state index in [4.69, 9.17) is 4.74 Å². The predicted octanol–water partition coefficient (Wildman–Crippen LogP) is 4.71. The third-order valence-electron chi connectivity index (χ3n) is 6.58. The topological polar surface area (TPSA) is 69.0 Å². The van der Waals surface area contributed by atoms with Crippen LogP contribution in [0.1, 0.15) is 62.4 Å². The Hall–Kier alpha value is -2.28. The van der Waals surface area contributed by atoms with Crippen LogP contribution in [-0.2, 0) is 30.8 Å². The molecule has 32 heavy (non-hydrogen) atoms. The summed E-state index contributed by atoms with van der Waals surface area (Å²) in [5, 5.41) is 12.6. The number of hydrogen-bond donors (Lipinski definition) is 1. The molecule has 2 atom stereocenters. The number of nitrogens with one attached hydrogen (secondary N) is 1. The lowest BCUT2D eigenvalue weighted by Gasteiger charge is -2.29. The normalized spacial score (nSPS) is 20.4. The number of carbonyl (C=O) groups is 1. The Kier molecular flexibility index (Phi) is 7.90. The van der Waals surface area contributed by atoms with Crippen molar-refractivity contribution in [2.75, 3.05) is 5.75 Å². The highest BCUT2D eigenvalue weighted by Crippen LogP contribution is 2.27. The standard InChI is InChI=1S/C25H34N4O2S/c1-3-14-29-23(16-31-21-13-12-19-9-5-6-10-20(19)15-21)27-28-25(29)32-17-24(30)26-22-11-7-4-8-18(22)2/h3,12-13,15,18,22H,1,4-11,14,16-17H2,2H3,(H,26,30). The van der Waals surface area contributed by atoms with Crippen LogP contribution in [0, 0.1) is 5.92 Å². The number of carbonyl (C=O) groups excluding carboxylic acids is 1. The monoisotopic (exact) mass is 454 g/mol. The van der Waals surface area contributed by atoms with Gasteiger partial charge in [-0.05, 0) is 67.7 Å². The van der Waals surface area contributed by atoms with Gasteiger partial charge in [0.2, 0.25) is 5.91 Å². The van der Waals surface area contributed by atoms with Gasteiger partial charge in [0.25, 0.3) is 0 Å². The Morgan fingerprint density at radius 1 is 1.22 bits per heavy atom. The zero-order chi connectivity index (χ0) is 22.3. The smallest absolute Gasteiger partial charge is 0.230 e. The lowest BCUT2D eigenvalue weighted by atomic mass is 9.86. The third-order valence-corrected chi connectivity index (χ3v) is 7.55. The molecule has 1 fully saturated rings. The minimum atomic E-state index is 0.0637. The molecule has 1 N–H and O–H groups in total. The van der Waals surface area contributed by atoms with Gasteiger partial charge in [-0.1, -0.05) is 43.7 Å². The Morgan fingerprint density at radius 3 is 2.84 bits per heavy atom. The Balaban J connectivity index is 1.34. The number of ether oxygens (including phenoxy) is 1. The summed E-state index contributed by atoms with van der Waals surface area (Å²) in [6.45, 7) is 7.01. The van der Waals surface area contributed by atoms with E-state index in [0.29, 0.717) is 30.9 Å². The molecule has 0 bridgehead atoms. The van der Waals surface area contributed by atoms with Crippen molar-refractivity contribution in [2.45, 2.75) is 82.6 Å². The maximum absolute atomic E-state index is 12.5. The van der Waals surface area contributed by atoms with Crippen molar-refractivity contribution in [3.05, 3.63) is 47.8 Å². The van der Waals surface area contributed by atoms with Crippen LogP contribution in [0.25, 0.3) is 0 Å². The molecule has 1 heterocycles. The fourth-order valence-corrected chi connectivity index (χ4v) is 5.48. The molecule has 2 aliphatic rings. The number of fused-ring (bicyclic) bond motifs is 1. The second kappa shape index (κ2) is 11.0. The number of amides is 1. The first-order chi connectivity index (χ1) is 15.6. The van der Waals surface area contributed by atoms with E-state index < -0.39 is 0 Å². The number of allylic oxidation sites excluding steroid dienone is 1. The Morgan fingerprint density at radius 2 is 2.03 bits per heavy atom. The second-order valence-corrected chi connectivity index (χ2v) is 9.89. The van der Waals surface area contributed by atoms with Crippen molar-refractivity contribution >= 4 is 17.7 Å². The summed E-state index contributed by atoms with van der Waals surface area (Å²) in [4.78, 5) is 12.5. The van der Waals surface area contributed by atoms with Crippen molar-refractivity contribution in [3.8, 4) is 5.75 Å². The highest BCUT2D eigenvalue weighted by atomic mass is 32.2. The SMILES string of the molecule is C=CCn1c(COc2ccc3c(c2)CCCC3)nnc1SCC(=O)NC1CCCCC1C. The number of thioether (sulfide) groups is 1. The number of aromatic nitrogens is 3. The van der Waals surface area contributed by atoms with Crippen LogP contribution in [0.5, 0.6) is 5.75 Å². The van der Waals surface area contributed by atoms with Crippen LogP contribution in [-0.4, -0.2) is 32.5 Å². The summed E-state index contributed by atoms with van der Waals surface area (Å²) < 4.78 is 8.03. The quantitative estimate of drug-likeness (QED) is 0.439. The maximum Gasteiger partial charge on any atom is 0.230 e. The van der Waals surface area contributed by atoms with E-state index in [1.54, 1.807) is 0 Å². The fourth-order valence-electron chi connectivity index (χ4n) is 4.70. The molecule has 0 aliphatic heterocycles. The first-order valence-corrected chi connectivity index (χ1v) is 12.8. The van der Waals surface area contributed by atoms with Gasteiger partial charge in [-0.2, -0.15) is 0 Å². The maximum atomic E-state index is 12.5. The number of hydrogen-bond acceptors (Lipinski definition) is 5. The molecule has 2 aromatic rings. The summed E-state index contributed by atoms with van der Waals surface area (Å²) in [6, 6.07) is 6.69. The molecule has 1 aromatic carbocycles. The van der Waals surface area contributed by atoms with Gasteiger partial charge in [0, 0.05) is 12.6 Å². The van der Waals surface area contributed by atoms with Gasteiger partial charge in [-0.3, -0.25) is 9.36 Å². The number of aryl methyl sites for hydroxylation is 2. The van der Waals surface area contributed by atoms with Gasteiger partial charge in [-0.25, -0.2) is 0 Å². The number of benzene rings is 1. The highest BCUT2D eigenvalue weighted by molar-refractivity contribution is 7.99. The summed E-state index contributed by atoms with van der Waals surface area (Å²) in [5.74, 6) is 2.56. The average molecular weight is 455 g/mol. The molecule has 7 heteroatoms. The molecular formula is C25H34N4O2S. The van der Waals surface area contributed by atoms with E-state index in [1.165, 1.54) is 55.0 Å². The highest BCUT2D eigenvalue weighted by Gasteiger charge is 2.23. The fraction of sp³-hybridized carbons (Fsp3) is 0.560. The van der Waals surface area contributed by atoms with E-state index >= 15 is 0 Å². The minimum absolute atomic E-state index is 0.0637. The van der Waals surface area contributed by atoms with Crippen LogP contribution in [0.15, 0.2) is 36.0 Å². The lowest BCUT2D eigenvalue weighted by Crippen LogP contribution is -2.41. The van der Waals surface area contributed by atoms with Gasteiger partial charge in [0.15, 0.2) is 11.0 Å². The summed E-state index contributed by atoms with van der Waals surface area (Å²) in [7, 11) is 0. The summed E-state index contributed by atoms with van der Waals surface area (Å²) in [6.07, 6.45) is 11.4. The number of nitrogens with zero attached hydrogens (tertiary/aromatic N) is 3. The van der Waals surface area contributed by atoms with E-state index in [0.717, 1.165) is 36.0 Å². The third kappa shape index (κ3) is 5.74. The summed E-state index contributed by atoms with van der Waals surface area (Å²) >= 11 is 1.42. The van der Waals surface area contributed by atoms with Crippen LogP contribution in [0.4, 0.5) is 0 Å². The molecule has 2 unspecified atom stereocenters. The largest absolute Gasteiger partial charge is 0.486 e. The van der Waals surface area contributed by atoms with Gasteiger partial charge in [-0.15, -0.1) is 16.8 Å². The zero-order valence-electron chi connectivity index (χ0n) is 19.0. The van der Waals surface area contributed by atoms with Gasteiger partial charge in [0.05, 0.1) is 5.75 Å². The molecule has 1 aromatic heterocycles. The molecule has 1 amide bonds. The second-order valence-electron chi connectivity index (χ2n) is 8.95. The van der Waals surface area contributed by atoms with Crippen molar-refractivity contribution in [2.24, 2.45) is 5.92 Å². The molecule has 0 spiro atoms. The van der Waals surface area contributed by atoms with Gasteiger partial charge >= 0.3 is 0 Å². The van der Waals surface area contributed by atoms with Crippen molar-refractivity contribution in [1.29, 1.82) is 0 Å². The minimum Gasteiger partial charge on any atom is -0.486 e. The first kappa shape index (κ1) is 22.9. The molecule has 6 nitrogen and oxygen atoms in total. The van der Waals surface area contributed by atoms with Gasteiger partial charge in [0.1, 0.15) is 12.4 Å². The molecule has 2 aliphatic carbocycles. The van der Waals surface area contributed by atoms with Gasteiger partial charge < -0.3 is 10.1 Å². The molecular weight excluding hydrogens is 420 g/mol. The zero-order valence-corrected chi connectivity index (χ0v) is 19.8. The van der Waals surface area contributed by atoms with E-state index in [2.05, 4.69) is 41.1 Å². The van der Waals surface area contributed by atoms with Crippen LogP contribution >= 0.6 is 11.8 Å². The molecule has 0 saturated heterocycles. The van der Waals surface area contributed by atoms with E-state index in [1.807, 2.05) is 16.7 Å². The first-order valence-electron chi connectivity index (χ1n) is 11.8. The molecule has 172 valence electrons. The van der Waals surface area contributed by atoms with Crippen molar-refractivity contribution in [3.63, 3.8) is 0 Å². The van der Waals surface area contributed by atoms with Crippen LogP contribution < -0.4 is 10.1 Å². The van der Waals surface area contributed by atoms with E-state index in [9.17, 15) is 4.79 Å². The lowest BCUT2D eigenvalue weighted by molar-refractivity contribution is -0.119. The average Bonchev–Trinajstić information content (AvgIpc) is 3.19. The van der Waals surface area contributed by atoms with Crippen LogP contribution in [0.2, 0.25) is 0 Å². The predicted molar refractivity (Wildman–Crippen MR) is 128 cm³/mol. The van der Waals surface area contributed by atoms with Crippen molar-refractivity contribution in [1.82, 2.24) is 20.1 Å². The molecule has 1 saturated carbocycles. The Bertz CT molecular complexity index is 942. The van der Waals surface area contributed by atoms with E-state index in [-0.39, 0.29) is 5.91 Å². The molecule has 0 radical (unpaired) electrons. The number of rotatable bonds is 9. The Labute approximate surface area is 195 Å². The summed E-state index contributed by atoms with van der Waals surface area (Å²) in [5.41, 5.74) is 2.84.